The number of ether oxygens (including phenoxy) is 2. The molecule has 0 aliphatic rings. The SMILES string of the molecule is CC(C)OC(OC(=O)C(C)(C)C)C(C)C. The van der Waals surface area contributed by atoms with Gasteiger partial charge in [0, 0.05) is 5.92 Å². The van der Waals surface area contributed by atoms with Crippen molar-refractivity contribution in [3.05, 3.63) is 0 Å². The molecule has 90 valence electrons. The van der Waals surface area contributed by atoms with E-state index in [1.165, 1.54) is 0 Å². The van der Waals surface area contributed by atoms with Crippen LogP contribution in [0.3, 0.4) is 0 Å². The number of hydrogen-bond acceptors (Lipinski definition) is 3. The largest absolute Gasteiger partial charge is 0.435 e. The van der Waals surface area contributed by atoms with Crippen LogP contribution in [0, 0.1) is 11.3 Å². The Labute approximate surface area is 93.1 Å². The van der Waals surface area contributed by atoms with Gasteiger partial charge in [0.05, 0.1) is 11.5 Å². The van der Waals surface area contributed by atoms with Gasteiger partial charge < -0.3 is 9.47 Å². The fourth-order valence-corrected chi connectivity index (χ4v) is 0.872. The third-order valence-electron chi connectivity index (χ3n) is 1.79. The molecule has 3 heteroatoms. The average Bonchev–Trinajstić information content (AvgIpc) is 1.99. The van der Waals surface area contributed by atoms with Gasteiger partial charge in [-0.1, -0.05) is 13.8 Å². The van der Waals surface area contributed by atoms with E-state index < -0.39 is 11.7 Å². The first-order valence-corrected chi connectivity index (χ1v) is 5.51. The fraction of sp³-hybridized carbons (Fsp3) is 0.917. The van der Waals surface area contributed by atoms with Gasteiger partial charge in [-0.05, 0) is 34.6 Å². The Bertz CT molecular complexity index is 201. The van der Waals surface area contributed by atoms with Gasteiger partial charge in [0.2, 0.25) is 6.29 Å². The molecule has 0 amide bonds. The van der Waals surface area contributed by atoms with Gasteiger partial charge in [-0.15, -0.1) is 0 Å². The second-order valence-electron chi connectivity index (χ2n) is 5.45. The quantitative estimate of drug-likeness (QED) is 0.535. The third kappa shape index (κ3) is 5.78. The zero-order valence-corrected chi connectivity index (χ0v) is 11.0. The Balaban J connectivity index is 4.36. The molecule has 0 N–H and O–H groups in total. The number of carbonyl (C=O) groups excluding carboxylic acids is 1. The van der Waals surface area contributed by atoms with E-state index >= 15 is 0 Å². The summed E-state index contributed by atoms with van der Waals surface area (Å²) in [6.45, 7) is 13.3. The highest BCUT2D eigenvalue weighted by molar-refractivity contribution is 5.75. The lowest BCUT2D eigenvalue weighted by Gasteiger charge is -2.27. The minimum atomic E-state index is -0.479. The van der Waals surface area contributed by atoms with Gasteiger partial charge in [-0.25, -0.2) is 0 Å². The van der Waals surface area contributed by atoms with Crippen molar-refractivity contribution >= 4 is 5.97 Å². The van der Waals surface area contributed by atoms with Crippen LogP contribution in [-0.2, 0) is 14.3 Å². The van der Waals surface area contributed by atoms with Gasteiger partial charge in [0.25, 0.3) is 0 Å². The molecule has 15 heavy (non-hydrogen) atoms. The standard InChI is InChI=1S/C12H24O3/c1-8(2)10(14-9(3)4)15-11(13)12(5,6)7/h8-10H,1-7H3. The first-order chi connectivity index (χ1) is 6.64. The molecule has 0 fully saturated rings. The van der Waals surface area contributed by atoms with Gasteiger partial charge >= 0.3 is 5.97 Å². The lowest BCUT2D eigenvalue weighted by molar-refractivity contribution is -0.205. The molecule has 0 radical (unpaired) electrons. The van der Waals surface area contributed by atoms with Gasteiger partial charge in [0.15, 0.2) is 0 Å². The maximum Gasteiger partial charge on any atom is 0.313 e. The van der Waals surface area contributed by atoms with Crippen molar-refractivity contribution < 1.29 is 14.3 Å². The Morgan fingerprint density at radius 1 is 1.07 bits per heavy atom. The van der Waals surface area contributed by atoms with Crippen LogP contribution in [0.4, 0.5) is 0 Å². The topological polar surface area (TPSA) is 35.5 Å². The van der Waals surface area contributed by atoms with Crippen molar-refractivity contribution in [3.8, 4) is 0 Å². The summed E-state index contributed by atoms with van der Waals surface area (Å²) < 4.78 is 10.9. The normalized spacial score (nSPS) is 14.5. The smallest absolute Gasteiger partial charge is 0.313 e. The second-order valence-corrected chi connectivity index (χ2v) is 5.45. The predicted molar refractivity (Wildman–Crippen MR) is 60.4 cm³/mol. The summed E-state index contributed by atoms with van der Waals surface area (Å²) in [6, 6.07) is 0. The van der Waals surface area contributed by atoms with Crippen molar-refractivity contribution in [2.45, 2.75) is 60.9 Å². The molecule has 0 aromatic carbocycles. The molecule has 1 unspecified atom stereocenters. The molecule has 0 aromatic heterocycles. The molecule has 0 rings (SSSR count). The lowest BCUT2D eigenvalue weighted by atomic mass is 9.97. The molecule has 0 aliphatic carbocycles. The van der Waals surface area contributed by atoms with Crippen molar-refractivity contribution in [1.82, 2.24) is 0 Å². The first-order valence-electron chi connectivity index (χ1n) is 5.51. The summed E-state index contributed by atoms with van der Waals surface area (Å²) in [7, 11) is 0. The fourth-order valence-electron chi connectivity index (χ4n) is 0.872. The summed E-state index contributed by atoms with van der Waals surface area (Å²) in [4.78, 5) is 11.7. The number of hydrogen-bond donors (Lipinski definition) is 0. The molecule has 0 aliphatic heterocycles. The Kier molecular flexibility index (Phi) is 5.29. The molecule has 0 heterocycles. The monoisotopic (exact) mass is 216 g/mol. The molecule has 0 bridgehead atoms. The summed E-state index contributed by atoms with van der Waals surface area (Å²) in [5.74, 6) is -0.0550. The van der Waals surface area contributed by atoms with Crippen molar-refractivity contribution in [2.75, 3.05) is 0 Å². The zero-order chi connectivity index (χ0) is 12.2. The zero-order valence-electron chi connectivity index (χ0n) is 11.0. The highest BCUT2D eigenvalue weighted by atomic mass is 16.7. The van der Waals surface area contributed by atoms with Crippen LogP contribution in [0.1, 0.15) is 48.5 Å². The second kappa shape index (κ2) is 5.50. The van der Waals surface area contributed by atoms with E-state index in [0.29, 0.717) is 0 Å². The van der Waals surface area contributed by atoms with Crippen LogP contribution in [-0.4, -0.2) is 18.4 Å². The third-order valence-corrected chi connectivity index (χ3v) is 1.79. The molecule has 0 aromatic rings. The highest BCUT2D eigenvalue weighted by Gasteiger charge is 2.28. The number of esters is 1. The lowest BCUT2D eigenvalue weighted by Crippen LogP contribution is -2.34. The van der Waals surface area contributed by atoms with Crippen molar-refractivity contribution in [1.29, 1.82) is 0 Å². The van der Waals surface area contributed by atoms with E-state index in [-0.39, 0.29) is 18.0 Å². The van der Waals surface area contributed by atoms with E-state index in [1.807, 2.05) is 48.5 Å². The number of rotatable bonds is 4. The van der Waals surface area contributed by atoms with Crippen LogP contribution < -0.4 is 0 Å². The molecule has 0 saturated heterocycles. The van der Waals surface area contributed by atoms with Crippen LogP contribution in [0.2, 0.25) is 0 Å². The average molecular weight is 216 g/mol. The predicted octanol–water partition coefficient (Wildman–Crippen LogP) is 2.98. The summed E-state index contributed by atoms with van der Waals surface area (Å²) in [5.41, 5.74) is -0.479. The van der Waals surface area contributed by atoms with E-state index in [0.717, 1.165) is 0 Å². The van der Waals surface area contributed by atoms with Crippen LogP contribution in [0.25, 0.3) is 0 Å². The van der Waals surface area contributed by atoms with E-state index in [1.54, 1.807) is 0 Å². The highest BCUT2D eigenvalue weighted by Crippen LogP contribution is 2.20. The molecule has 0 saturated carbocycles. The molecule has 0 spiro atoms. The molecular weight excluding hydrogens is 192 g/mol. The van der Waals surface area contributed by atoms with E-state index in [2.05, 4.69) is 0 Å². The van der Waals surface area contributed by atoms with Crippen LogP contribution in [0.15, 0.2) is 0 Å². The Morgan fingerprint density at radius 3 is 1.80 bits per heavy atom. The van der Waals surface area contributed by atoms with Gasteiger partial charge in [0.1, 0.15) is 0 Å². The van der Waals surface area contributed by atoms with E-state index in [9.17, 15) is 4.79 Å². The van der Waals surface area contributed by atoms with Crippen molar-refractivity contribution in [2.24, 2.45) is 11.3 Å². The molecule has 3 nitrogen and oxygen atoms in total. The Morgan fingerprint density at radius 2 is 1.53 bits per heavy atom. The molecule has 1 atom stereocenters. The van der Waals surface area contributed by atoms with Gasteiger partial charge in [-0.3, -0.25) is 4.79 Å². The van der Waals surface area contributed by atoms with Crippen molar-refractivity contribution in [3.63, 3.8) is 0 Å². The summed E-state index contributed by atoms with van der Waals surface area (Å²) >= 11 is 0. The summed E-state index contributed by atoms with van der Waals surface area (Å²) in [6.07, 6.45) is -0.387. The minimum absolute atomic E-state index is 0.0603. The minimum Gasteiger partial charge on any atom is -0.435 e. The maximum atomic E-state index is 11.7. The number of carbonyl (C=O) groups is 1. The maximum absolute atomic E-state index is 11.7. The van der Waals surface area contributed by atoms with E-state index in [4.69, 9.17) is 9.47 Å². The van der Waals surface area contributed by atoms with Gasteiger partial charge in [-0.2, -0.15) is 0 Å². The first kappa shape index (κ1) is 14.4. The van der Waals surface area contributed by atoms with Crippen LogP contribution >= 0.6 is 0 Å². The molecular formula is C12H24O3. The summed E-state index contributed by atoms with van der Waals surface area (Å²) in [5, 5.41) is 0. The Hall–Kier alpha value is -0.570. The van der Waals surface area contributed by atoms with Crippen LogP contribution in [0.5, 0.6) is 0 Å².